The van der Waals surface area contributed by atoms with E-state index in [0.717, 1.165) is 0 Å². The zero-order chi connectivity index (χ0) is 14.0. The average molecular weight is 264 g/mol. The van der Waals surface area contributed by atoms with E-state index in [2.05, 4.69) is 0 Å². The lowest BCUT2D eigenvalue weighted by atomic mass is 10.1. The molecule has 0 spiro atoms. The van der Waals surface area contributed by atoms with E-state index in [1.807, 2.05) is 0 Å². The predicted molar refractivity (Wildman–Crippen MR) is 63.3 cm³/mol. The third-order valence-electron chi connectivity index (χ3n) is 2.89. The van der Waals surface area contributed by atoms with Crippen LogP contribution in [0.1, 0.15) is 46.5 Å². The number of carbonyl (C=O) groups is 1. The van der Waals surface area contributed by atoms with Gasteiger partial charge in [-0.05, 0) is 39.5 Å². The van der Waals surface area contributed by atoms with Gasteiger partial charge >= 0.3 is 5.97 Å². The van der Waals surface area contributed by atoms with E-state index in [1.165, 1.54) is 0 Å². The Morgan fingerprint density at radius 1 is 1.39 bits per heavy atom. The molecule has 2 unspecified atom stereocenters. The summed E-state index contributed by atoms with van der Waals surface area (Å²) in [6.07, 6.45) is -0.0155. The van der Waals surface area contributed by atoms with E-state index in [1.54, 1.807) is 20.8 Å². The van der Waals surface area contributed by atoms with Gasteiger partial charge in [0.1, 0.15) is 5.60 Å². The summed E-state index contributed by atoms with van der Waals surface area (Å²) >= 11 is 0. The fourth-order valence-electron chi connectivity index (χ4n) is 1.96. The van der Waals surface area contributed by atoms with E-state index >= 15 is 0 Å². The van der Waals surface area contributed by atoms with Crippen molar-refractivity contribution in [3.8, 4) is 0 Å². The molecule has 0 aromatic heterocycles. The Hall–Kier alpha value is -0.710. The van der Waals surface area contributed by atoms with Crippen LogP contribution in [0.2, 0.25) is 0 Å². The molecule has 5 heteroatoms. The molecule has 0 radical (unpaired) electrons. The Morgan fingerprint density at radius 2 is 2.00 bits per heavy atom. The number of aliphatic hydroxyl groups excluding tert-OH is 1. The standard InChI is InChI=1S/C13H22F2O3/c1-12(2,3)18-11(17)10-7-9(10)8-13(14,15)5-4-6-16/h9-10,16H,4-8H2,1-3H3. The lowest BCUT2D eigenvalue weighted by Gasteiger charge is -2.20. The fraction of sp³-hybridized carbons (Fsp3) is 0.923. The minimum atomic E-state index is -2.79. The zero-order valence-corrected chi connectivity index (χ0v) is 11.2. The molecule has 0 aromatic rings. The first-order chi connectivity index (χ1) is 8.14. The van der Waals surface area contributed by atoms with Gasteiger partial charge in [0, 0.05) is 19.4 Å². The Kier molecular flexibility index (Phi) is 4.70. The van der Waals surface area contributed by atoms with Gasteiger partial charge in [0.2, 0.25) is 5.92 Å². The highest BCUT2D eigenvalue weighted by Gasteiger charge is 2.49. The molecule has 3 nitrogen and oxygen atoms in total. The SMILES string of the molecule is CC(C)(C)OC(=O)C1CC1CC(F)(F)CCCO. The molecular weight excluding hydrogens is 242 g/mol. The summed E-state index contributed by atoms with van der Waals surface area (Å²) in [4.78, 5) is 11.6. The smallest absolute Gasteiger partial charge is 0.309 e. The highest BCUT2D eigenvalue weighted by atomic mass is 19.3. The molecule has 1 rings (SSSR count). The Morgan fingerprint density at radius 3 is 2.50 bits per heavy atom. The number of rotatable bonds is 6. The van der Waals surface area contributed by atoms with Crippen LogP contribution < -0.4 is 0 Å². The highest BCUT2D eigenvalue weighted by Crippen LogP contribution is 2.47. The lowest BCUT2D eigenvalue weighted by molar-refractivity contribution is -0.157. The van der Waals surface area contributed by atoms with Crippen molar-refractivity contribution < 1.29 is 23.4 Å². The molecule has 1 aliphatic carbocycles. The summed E-state index contributed by atoms with van der Waals surface area (Å²) in [6, 6.07) is 0. The van der Waals surface area contributed by atoms with Gasteiger partial charge in [-0.3, -0.25) is 4.79 Å². The van der Waals surface area contributed by atoms with Gasteiger partial charge in [0.15, 0.2) is 0 Å². The molecule has 0 bridgehead atoms. The summed E-state index contributed by atoms with van der Waals surface area (Å²) in [5.41, 5.74) is -0.566. The van der Waals surface area contributed by atoms with Crippen molar-refractivity contribution in [1.82, 2.24) is 0 Å². The minimum absolute atomic E-state index is 0.0941. The number of esters is 1. The maximum Gasteiger partial charge on any atom is 0.309 e. The second kappa shape index (κ2) is 5.51. The van der Waals surface area contributed by atoms with Gasteiger partial charge in [-0.1, -0.05) is 0 Å². The van der Waals surface area contributed by atoms with Crippen LogP contribution in [0.5, 0.6) is 0 Å². The maximum absolute atomic E-state index is 13.4. The topological polar surface area (TPSA) is 46.5 Å². The van der Waals surface area contributed by atoms with Gasteiger partial charge in [-0.15, -0.1) is 0 Å². The molecule has 0 amide bonds. The Balaban J connectivity index is 2.34. The van der Waals surface area contributed by atoms with Crippen molar-refractivity contribution in [1.29, 1.82) is 0 Å². The van der Waals surface area contributed by atoms with E-state index in [9.17, 15) is 13.6 Å². The van der Waals surface area contributed by atoms with Crippen molar-refractivity contribution in [3.63, 3.8) is 0 Å². The van der Waals surface area contributed by atoms with Gasteiger partial charge in [-0.25, -0.2) is 8.78 Å². The second-order valence-electron chi connectivity index (χ2n) is 6.02. The highest BCUT2D eigenvalue weighted by molar-refractivity contribution is 5.76. The molecule has 0 aromatic carbocycles. The maximum atomic E-state index is 13.4. The predicted octanol–water partition coefficient (Wildman–Crippen LogP) is 2.76. The summed E-state index contributed by atoms with van der Waals surface area (Å²) < 4.78 is 32.0. The van der Waals surface area contributed by atoms with Crippen LogP contribution in [-0.2, 0) is 9.53 Å². The summed E-state index contributed by atoms with van der Waals surface area (Å²) in [6.45, 7) is 5.06. The number of carbonyl (C=O) groups excluding carboxylic acids is 1. The first-order valence-electron chi connectivity index (χ1n) is 6.36. The van der Waals surface area contributed by atoms with E-state index in [-0.39, 0.29) is 43.7 Å². The van der Waals surface area contributed by atoms with E-state index in [0.29, 0.717) is 6.42 Å². The Labute approximate surface area is 107 Å². The lowest BCUT2D eigenvalue weighted by Crippen LogP contribution is -2.26. The Bertz CT molecular complexity index is 297. The third kappa shape index (κ3) is 5.29. The average Bonchev–Trinajstić information content (AvgIpc) is 2.91. The zero-order valence-electron chi connectivity index (χ0n) is 11.2. The van der Waals surface area contributed by atoms with Crippen molar-refractivity contribution in [2.24, 2.45) is 11.8 Å². The summed E-state index contributed by atoms with van der Waals surface area (Å²) in [7, 11) is 0. The molecule has 18 heavy (non-hydrogen) atoms. The molecule has 106 valence electrons. The van der Waals surface area contributed by atoms with Gasteiger partial charge < -0.3 is 9.84 Å². The van der Waals surface area contributed by atoms with Crippen molar-refractivity contribution in [2.75, 3.05) is 6.61 Å². The number of halogens is 2. The van der Waals surface area contributed by atoms with Crippen LogP contribution in [0, 0.1) is 11.8 Å². The van der Waals surface area contributed by atoms with Crippen LogP contribution in [0.15, 0.2) is 0 Å². The molecule has 1 aliphatic rings. The first-order valence-corrected chi connectivity index (χ1v) is 6.36. The first kappa shape index (κ1) is 15.3. The van der Waals surface area contributed by atoms with Crippen LogP contribution in [0.4, 0.5) is 8.78 Å². The van der Waals surface area contributed by atoms with Crippen LogP contribution >= 0.6 is 0 Å². The van der Waals surface area contributed by atoms with Crippen LogP contribution in [0.3, 0.4) is 0 Å². The minimum Gasteiger partial charge on any atom is -0.460 e. The normalized spacial score (nSPS) is 23.9. The largest absolute Gasteiger partial charge is 0.460 e. The fourth-order valence-corrected chi connectivity index (χ4v) is 1.96. The summed E-state index contributed by atoms with van der Waals surface area (Å²) in [5, 5.41) is 8.54. The van der Waals surface area contributed by atoms with Crippen molar-refractivity contribution >= 4 is 5.97 Å². The number of hydrogen-bond donors (Lipinski definition) is 1. The molecule has 0 heterocycles. The van der Waals surface area contributed by atoms with Crippen molar-refractivity contribution in [2.45, 2.75) is 58.0 Å². The van der Waals surface area contributed by atoms with Crippen LogP contribution in [-0.4, -0.2) is 29.2 Å². The molecule has 1 fully saturated rings. The molecule has 0 aliphatic heterocycles. The monoisotopic (exact) mass is 264 g/mol. The number of alkyl halides is 2. The molecule has 2 atom stereocenters. The molecule has 0 saturated heterocycles. The number of ether oxygens (including phenoxy) is 1. The van der Waals surface area contributed by atoms with Crippen molar-refractivity contribution in [3.05, 3.63) is 0 Å². The van der Waals surface area contributed by atoms with E-state index in [4.69, 9.17) is 9.84 Å². The van der Waals surface area contributed by atoms with Crippen LogP contribution in [0.25, 0.3) is 0 Å². The number of hydrogen-bond acceptors (Lipinski definition) is 3. The molecule has 1 N–H and O–H groups in total. The third-order valence-corrected chi connectivity index (χ3v) is 2.89. The van der Waals surface area contributed by atoms with Gasteiger partial charge in [0.05, 0.1) is 5.92 Å². The summed E-state index contributed by atoms with van der Waals surface area (Å²) in [5.74, 6) is -3.80. The second-order valence-corrected chi connectivity index (χ2v) is 6.02. The number of aliphatic hydroxyl groups is 1. The van der Waals surface area contributed by atoms with Gasteiger partial charge in [0.25, 0.3) is 0 Å². The van der Waals surface area contributed by atoms with Gasteiger partial charge in [-0.2, -0.15) is 0 Å². The van der Waals surface area contributed by atoms with E-state index < -0.39 is 11.5 Å². The molecular formula is C13H22F2O3. The molecule has 1 saturated carbocycles. The quantitative estimate of drug-likeness (QED) is 0.750.